The number of amides is 1. The van der Waals surface area contributed by atoms with Gasteiger partial charge in [0.1, 0.15) is 0 Å². The lowest BCUT2D eigenvalue weighted by Gasteiger charge is -2.11. The normalized spacial score (nSPS) is 16.8. The number of hydrogen-bond acceptors (Lipinski definition) is 6. The predicted molar refractivity (Wildman–Crippen MR) is 73.2 cm³/mol. The van der Waals surface area contributed by atoms with Gasteiger partial charge < -0.3 is 10.9 Å². The summed E-state index contributed by atoms with van der Waals surface area (Å²) in [5.41, 5.74) is 6.01. The molecule has 1 aromatic carbocycles. The Morgan fingerprint density at radius 2 is 2.15 bits per heavy atom. The maximum absolute atomic E-state index is 12.0. The fourth-order valence-corrected chi connectivity index (χ4v) is 2.85. The summed E-state index contributed by atoms with van der Waals surface area (Å²) in [6, 6.07) is 2.36. The lowest BCUT2D eigenvalue weighted by Crippen LogP contribution is -2.23. The molecule has 1 atom stereocenters. The van der Waals surface area contributed by atoms with Crippen LogP contribution in [0.15, 0.2) is 29.3 Å². The third-order valence-corrected chi connectivity index (χ3v) is 4.01. The maximum atomic E-state index is 12.0. The number of rotatable bonds is 4. The number of anilines is 1. The van der Waals surface area contributed by atoms with Gasteiger partial charge in [-0.2, -0.15) is 0 Å². The van der Waals surface area contributed by atoms with Crippen molar-refractivity contribution in [2.75, 3.05) is 12.5 Å². The first-order valence-electron chi connectivity index (χ1n) is 5.53. The number of nitrogens with zero attached hydrogens (tertiary/aromatic N) is 2. The smallest absolute Gasteiger partial charge is 0.272 e. The van der Waals surface area contributed by atoms with Crippen molar-refractivity contribution >= 4 is 28.3 Å². The van der Waals surface area contributed by atoms with E-state index in [9.17, 15) is 19.1 Å². The molecule has 20 heavy (non-hydrogen) atoms. The second-order valence-corrected chi connectivity index (χ2v) is 5.69. The molecule has 1 amide bonds. The van der Waals surface area contributed by atoms with Crippen LogP contribution in [0.1, 0.15) is 17.3 Å². The number of carbonyl (C=O) groups is 1. The van der Waals surface area contributed by atoms with Crippen LogP contribution >= 0.6 is 0 Å². The second-order valence-electron chi connectivity index (χ2n) is 4.21. The summed E-state index contributed by atoms with van der Waals surface area (Å²) >= 11 is 0. The van der Waals surface area contributed by atoms with Crippen molar-refractivity contribution in [2.45, 2.75) is 11.8 Å². The van der Waals surface area contributed by atoms with Crippen LogP contribution in [-0.2, 0) is 11.0 Å². The minimum Gasteiger partial charge on any atom is -0.306 e. The molecule has 0 spiro atoms. The van der Waals surface area contributed by atoms with Gasteiger partial charge in [-0.25, -0.2) is 4.21 Å². The first kappa shape index (κ1) is 14.0. The zero-order valence-corrected chi connectivity index (χ0v) is 11.6. The van der Waals surface area contributed by atoms with Gasteiger partial charge in [0.2, 0.25) is 0 Å². The van der Waals surface area contributed by atoms with E-state index in [2.05, 4.69) is 17.4 Å². The molecule has 0 fully saturated rings. The van der Waals surface area contributed by atoms with Gasteiger partial charge in [-0.3, -0.25) is 19.2 Å². The molecule has 2 N–H and O–H groups in total. The van der Waals surface area contributed by atoms with E-state index in [0.717, 1.165) is 10.4 Å². The van der Waals surface area contributed by atoms with Crippen LogP contribution in [0, 0.1) is 10.1 Å². The molecule has 0 radical (unpaired) electrons. The molecule has 1 aliphatic heterocycles. The summed E-state index contributed by atoms with van der Waals surface area (Å²) in [6.45, 7) is 5.28. The summed E-state index contributed by atoms with van der Waals surface area (Å²) < 4.78 is 13.0. The van der Waals surface area contributed by atoms with E-state index in [-0.39, 0.29) is 21.8 Å². The molecule has 9 heteroatoms. The number of nitro groups is 1. The number of benzene rings is 1. The lowest BCUT2D eigenvalue weighted by molar-refractivity contribution is -0.385. The Morgan fingerprint density at radius 1 is 1.50 bits per heavy atom. The minimum absolute atomic E-state index is 0.123. The quantitative estimate of drug-likeness (QED) is 0.638. The van der Waals surface area contributed by atoms with Gasteiger partial charge in [0.15, 0.2) is 11.0 Å². The molecule has 0 bridgehead atoms. The highest BCUT2D eigenvalue weighted by Gasteiger charge is 2.36. The molecule has 1 unspecified atom stereocenters. The topological polar surface area (TPSA) is 105 Å². The SMILES string of the molecule is C=C(C)NNc1cc([N+](=O)[O-])cc2c1C(=O)N(C)S2=O. The predicted octanol–water partition coefficient (Wildman–Crippen LogP) is 1.15. The second kappa shape index (κ2) is 4.93. The average molecular weight is 296 g/mol. The molecule has 0 saturated carbocycles. The van der Waals surface area contributed by atoms with E-state index >= 15 is 0 Å². The third-order valence-electron chi connectivity index (χ3n) is 2.65. The number of nitro benzene ring substituents is 1. The molecule has 0 aliphatic carbocycles. The summed E-state index contributed by atoms with van der Waals surface area (Å²) in [5, 5.41) is 10.9. The van der Waals surface area contributed by atoms with E-state index in [1.165, 1.54) is 13.1 Å². The molecule has 1 aliphatic rings. The first-order chi connectivity index (χ1) is 9.32. The van der Waals surface area contributed by atoms with Crippen LogP contribution in [-0.4, -0.2) is 26.4 Å². The highest BCUT2D eigenvalue weighted by molar-refractivity contribution is 7.84. The number of nitrogens with one attached hydrogen (secondary N) is 2. The van der Waals surface area contributed by atoms with Crippen LogP contribution in [0.4, 0.5) is 11.4 Å². The average Bonchev–Trinajstić information content (AvgIpc) is 2.61. The third kappa shape index (κ3) is 2.23. The molecule has 1 heterocycles. The summed E-state index contributed by atoms with van der Waals surface area (Å²) in [7, 11) is -0.360. The fraction of sp³-hybridized carbons (Fsp3) is 0.182. The number of non-ortho nitro benzene ring substituents is 1. The molecule has 0 saturated heterocycles. The Bertz CT molecular complexity index is 658. The van der Waals surface area contributed by atoms with E-state index < -0.39 is 21.8 Å². The zero-order chi connectivity index (χ0) is 15.0. The maximum Gasteiger partial charge on any atom is 0.272 e. The number of hydrazine groups is 1. The Kier molecular flexibility index (Phi) is 3.45. The van der Waals surface area contributed by atoms with Gasteiger partial charge in [0.25, 0.3) is 11.6 Å². The molecule has 1 aromatic rings. The van der Waals surface area contributed by atoms with Crippen molar-refractivity contribution in [3.05, 3.63) is 40.1 Å². The fourth-order valence-electron chi connectivity index (χ4n) is 1.72. The highest BCUT2D eigenvalue weighted by Crippen LogP contribution is 2.35. The number of carbonyl (C=O) groups excluding carboxylic acids is 1. The van der Waals surface area contributed by atoms with Crippen LogP contribution in [0.2, 0.25) is 0 Å². The van der Waals surface area contributed by atoms with E-state index in [0.29, 0.717) is 5.70 Å². The van der Waals surface area contributed by atoms with Crippen molar-refractivity contribution in [3.63, 3.8) is 0 Å². The summed E-state index contributed by atoms with van der Waals surface area (Å²) in [4.78, 5) is 22.4. The van der Waals surface area contributed by atoms with Gasteiger partial charge >= 0.3 is 0 Å². The van der Waals surface area contributed by atoms with Crippen molar-refractivity contribution in [2.24, 2.45) is 0 Å². The molecule has 106 valence electrons. The Morgan fingerprint density at radius 3 is 2.70 bits per heavy atom. The Balaban J connectivity index is 2.58. The van der Waals surface area contributed by atoms with Crippen LogP contribution in [0.25, 0.3) is 0 Å². The lowest BCUT2D eigenvalue weighted by atomic mass is 10.1. The van der Waals surface area contributed by atoms with Crippen molar-refractivity contribution in [1.82, 2.24) is 9.73 Å². The molecular weight excluding hydrogens is 284 g/mol. The largest absolute Gasteiger partial charge is 0.306 e. The summed E-state index contributed by atoms with van der Waals surface area (Å²) in [6.07, 6.45) is 0. The van der Waals surface area contributed by atoms with Crippen molar-refractivity contribution < 1.29 is 13.9 Å². The minimum atomic E-state index is -1.73. The van der Waals surface area contributed by atoms with Crippen molar-refractivity contribution in [1.29, 1.82) is 0 Å². The monoisotopic (exact) mass is 296 g/mol. The standard InChI is InChI=1S/C11H12N4O4S/c1-6(2)12-13-8-4-7(15(17)18)5-9-10(8)11(16)14(3)20(9)19/h4-5,12-13H,1H2,2-3H3. The van der Waals surface area contributed by atoms with Gasteiger partial charge in [-0.1, -0.05) is 6.58 Å². The number of allylic oxidation sites excluding steroid dienone is 1. The van der Waals surface area contributed by atoms with Crippen molar-refractivity contribution in [3.8, 4) is 0 Å². The van der Waals surface area contributed by atoms with E-state index in [4.69, 9.17) is 0 Å². The van der Waals surface area contributed by atoms with Crippen LogP contribution in [0.5, 0.6) is 0 Å². The van der Waals surface area contributed by atoms with Gasteiger partial charge in [0.05, 0.1) is 21.1 Å². The molecular formula is C11H12N4O4S. The van der Waals surface area contributed by atoms with Gasteiger partial charge in [0, 0.05) is 24.9 Å². The van der Waals surface area contributed by atoms with Crippen LogP contribution in [0.3, 0.4) is 0 Å². The zero-order valence-electron chi connectivity index (χ0n) is 10.8. The molecule has 2 rings (SSSR count). The summed E-state index contributed by atoms with van der Waals surface area (Å²) in [5.74, 6) is -0.459. The van der Waals surface area contributed by atoms with Gasteiger partial charge in [-0.15, -0.1) is 0 Å². The number of hydrogen-bond donors (Lipinski definition) is 2. The van der Waals surface area contributed by atoms with Gasteiger partial charge in [-0.05, 0) is 6.92 Å². The molecule has 0 aromatic heterocycles. The molecule has 8 nitrogen and oxygen atoms in total. The first-order valence-corrected chi connectivity index (χ1v) is 6.63. The highest BCUT2D eigenvalue weighted by atomic mass is 32.2. The number of fused-ring (bicyclic) bond motifs is 1. The van der Waals surface area contributed by atoms with E-state index in [1.807, 2.05) is 0 Å². The Hall–Kier alpha value is -2.42. The Labute approximate surface area is 117 Å². The van der Waals surface area contributed by atoms with Crippen LogP contribution < -0.4 is 10.9 Å². The van der Waals surface area contributed by atoms with E-state index in [1.54, 1.807) is 6.92 Å².